The Balaban J connectivity index is 2.20. The quantitative estimate of drug-likeness (QED) is 0.498. The van der Waals surface area contributed by atoms with Crippen LogP contribution in [0.1, 0.15) is 27.9 Å². The molecule has 0 saturated carbocycles. The van der Waals surface area contributed by atoms with Crippen molar-refractivity contribution in [2.75, 3.05) is 0 Å². The van der Waals surface area contributed by atoms with E-state index in [0.29, 0.717) is 5.56 Å². The Hall–Kier alpha value is -1.11. The normalized spacial score (nSPS) is 15.1. The number of amides is 1. The first kappa shape index (κ1) is 12.3. The van der Waals surface area contributed by atoms with Gasteiger partial charge in [0, 0.05) is 5.56 Å². The number of carboxylic acids is 1. The molecule has 1 aliphatic rings. The monoisotopic (exact) mass is 345 g/mol. The number of alkyl halides is 1. The maximum absolute atomic E-state index is 11.9. The lowest BCUT2D eigenvalue weighted by atomic mass is 10.0. The second-order valence-electron chi connectivity index (χ2n) is 3.97. The van der Waals surface area contributed by atoms with E-state index in [-0.39, 0.29) is 5.91 Å². The zero-order valence-electron chi connectivity index (χ0n) is 9.07. The fourth-order valence-corrected chi connectivity index (χ4v) is 2.37. The average molecular weight is 345 g/mol. The predicted octanol–water partition coefficient (Wildman–Crippen LogP) is 1.75. The van der Waals surface area contributed by atoms with Crippen molar-refractivity contribution < 1.29 is 14.7 Å². The molecule has 0 aliphatic heterocycles. The number of aliphatic carboxylic acids is 1. The number of benzene rings is 1. The van der Waals surface area contributed by atoms with Gasteiger partial charge in [0.05, 0.1) is 0 Å². The van der Waals surface area contributed by atoms with Crippen LogP contribution < -0.4 is 5.32 Å². The molecule has 2 rings (SSSR count). The summed E-state index contributed by atoms with van der Waals surface area (Å²) in [6.07, 6.45) is 2.97. The standard InChI is InChI=1S/C12H12INO3/c13-10(12(16)17)14-11(15)9-6-2-4-7-3-1-5-8(7)9/h2,4,6,10H,1,3,5H2,(H,14,15)(H,16,17)/t10-/m1/s1. The van der Waals surface area contributed by atoms with Crippen molar-refractivity contribution in [3.63, 3.8) is 0 Å². The van der Waals surface area contributed by atoms with E-state index in [1.165, 1.54) is 5.56 Å². The van der Waals surface area contributed by atoms with E-state index in [9.17, 15) is 9.59 Å². The summed E-state index contributed by atoms with van der Waals surface area (Å²) in [5.74, 6) is -1.34. The van der Waals surface area contributed by atoms with Crippen molar-refractivity contribution in [3.05, 3.63) is 34.9 Å². The fourth-order valence-electron chi connectivity index (χ4n) is 2.09. The molecule has 1 amide bonds. The van der Waals surface area contributed by atoms with Gasteiger partial charge < -0.3 is 10.4 Å². The number of fused-ring (bicyclic) bond motifs is 1. The Morgan fingerprint density at radius 1 is 1.35 bits per heavy atom. The third-order valence-electron chi connectivity index (χ3n) is 2.87. The number of carbonyl (C=O) groups is 2. The number of rotatable bonds is 3. The first-order valence-corrected chi connectivity index (χ1v) is 6.62. The van der Waals surface area contributed by atoms with Crippen LogP contribution in [0.3, 0.4) is 0 Å². The molecule has 1 atom stereocenters. The van der Waals surface area contributed by atoms with E-state index < -0.39 is 10.0 Å². The summed E-state index contributed by atoms with van der Waals surface area (Å²) in [4.78, 5) is 22.6. The molecule has 0 radical (unpaired) electrons. The van der Waals surface area contributed by atoms with E-state index >= 15 is 0 Å². The molecular formula is C12H12INO3. The van der Waals surface area contributed by atoms with Crippen LogP contribution in [-0.4, -0.2) is 21.0 Å². The highest BCUT2D eigenvalue weighted by atomic mass is 127. The van der Waals surface area contributed by atoms with Gasteiger partial charge in [0.15, 0.2) is 4.05 Å². The van der Waals surface area contributed by atoms with Gasteiger partial charge in [0.2, 0.25) is 0 Å². The highest BCUT2D eigenvalue weighted by Gasteiger charge is 2.22. The summed E-state index contributed by atoms with van der Waals surface area (Å²) >= 11 is 1.69. The predicted molar refractivity (Wildman–Crippen MR) is 71.4 cm³/mol. The molecule has 1 aliphatic carbocycles. The SMILES string of the molecule is O=C(N[C@@H](I)C(=O)O)c1cccc2c1CCC2. The first-order chi connectivity index (χ1) is 8.09. The summed E-state index contributed by atoms with van der Waals surface area (Å²) < 4.78 is -0.891. The van der Waals surface area contributed by atoms with Gasteiger partial charge in [0.1, 0.15) is 0 Å². The Kier molecular flexibility index (Phi) is 3.66. The average Bonchev–Trinajstić information content (AvgIpc) is 2.76. The Morgan fingerprint density at radius 2 is 2.12 bits per heavy atom. The zero-order valence-corrected chi connectivity index (χ0v) is 11.2. The van der Waals surface area contributed by atoms with Gasteiger partial charge >= 0.3 is 5.97 Å². The molecule has 0 fully saturated rings. The first-order valence-electron chi connectivity index (χ1n) is 5.38. The zero-order chi connectivity index (χ0) is 12.4. The minimum absolute atomic E-state index is 0.300. The minimum atomic E-state index is -1.04. The Bertz CT molecular complexity index is 473. The van der Waals surface area contributed by atoms with Gasteiger partial charge in [-0.1, -0.05) is 12.1 Å². The van der Waals surface area contributed by atoms with Crippen molar-refractivity contribution >= 4 is 34.5 Å². The number of halogens is 1. The molecule has 1 aromatic carbocycles. The number of hydrogen-bond donors (Lipinski definition) is 2. The molecule has 0 aromatic heterocycles. The maximum Gasteiger partial charge on any atom is 0.336 e. The molecular weight excluding hydrogens is 333 g/mol. The van der Waals surface area contributed by atoms with Crippen LogP contribution in [0, 0.1) is 0 Å². The van der Waals surface area contributed by atoms with E-state index in [4.69, 9.17) is 5.11 Å². The number of aryl methyl sites for hydroxylation is 1. The number of carbonyl (C=O) groups excluding carboxylic acids is 1. The van der Waals surface area contributed by atoms with Crippen LogP contribution in [0.5, 0.6) is 0 Å². The molecule has 0 heterocycles. The topological polar surface area (TPSA) is 66.4 Å². The molecule has 5 heteroatoms. The van der Waals surface area contributed by atoms with Crippen molar-refractivity contribution in [1.29, 1.82) is 0 Å². The molecule has 0 unspecified atom stereocenters. The van der Waals surface area contributed by atoms with Gasteiger partial charge in [-0.3, -0.25) is 4.79 Å². The smallest absolute Gasteiger partial charge is 0.336 e. The second-order valence-corrected chi connectivity index (χ2v) is 5.22. The Morgan fingerprint density at radius 3 is 2.82 bits per heavy atom. The molecule has 2 N–H and O–H groups in total. The summed E-state index contributed by atoms with van der Waals surface area (Å²) in [7, 11) is 0. The van der Waals surface area contributed by atoms with Gasteiger partial charge in [-0.2, -0.15) is 0 Å². The van der Waals surface area contributed by atoms with Gasteiger partial charge in [-0.25, -0.2) is 4.79 Å². The highest BCUT2D eigenvalue weighted by molar-refractivity contribution is 14.1. The lowest BCUT2D eigenvalue weighted by molar-refractivity contribution is -0.136. The van der Waals surface area contributed by atoms with E-state index in [0.717, 1.165) is 24.8 Å². The van der Waals surface area contributed by atoms with Crippen LogP contribution >= 0.6 is 22.6 Å². The molecule has 1 aromatic rings. The van der Waals surface area contributed by atoms with Crippen LogP contribution in [-0.2, 0) is 17.6 Å². The second kappa shape index (κ2) is 5.03. The summed E-state index contributed by atoms with van der Waals surface area (Å²) in [5, 5.41) is 11.2. The van der Waals surface area contributed by atoms with Crippen molar-refractivity contribution in [1.82, 2.24) is 5.32 Å². The Labute approximate surface area is 113 Å². The third-order valence-corrected chi connectivity index (χ3v) is 3.71. The molecule has 0 saturated heterocycles. The van der Waals surface area contributed by atoms with E-state index in [1.807, 2.05) is 12.1 Å². The number of hydrogen-bond acceptors (Lipinski definition) is 2. The summed E-state index contributed by atoms with van der Waals surface area (Å²) in [5.41, 5.74) is 2.89. The fraction of sp³-hybridized carbons (Fsp3) is 0.333. The van der Waals surface area contributed by atoms with Crippen LogP contribution in [0.2, 0.25) is 0 Å². The van der Waals surface area contributed by atoms with E-state index in [2.05, 4.69) is 5.32 Å². The van der Waals surface area contributed by atoms with Crippen molar-refractivity contribution in [2.45, 2.75) is 23.3 Å². The minimum Gasteiger partial charge on any atom is -0.479 e. The van der Waals surface area contributed by atoms with Crippen LogP contribution in [0.4, 0.5) is 0 Å². The van der Waals surface area contributed by atoms with Gasteiger partial charge in [-0.05, 0) is 59.0 Å². The number of nitrogens with one attached hydrogen (secondary N) is 1. The van der Waals surface area contributed by atoms with Crippen molar-refractivity contribution in [2.24, 2.45) is 0 Å². The van der Waals surface area contributed by atoms with Gasteiger partial charge in [-0.15, -0.1) is 0 Å². The highest BCUT2D eigenvalue weighted by Crippen LogP contribution is 2.25. The van der Waals surface area contributed by atoms with Crippen LogP contribution in [0.15, 0.2) is 18.2 Å². The van der Waals surface area contributed by atoms with Crippen molar-refractivity contribution in [3.8, 4) is 0 Å². The van der Waals surface area contributed by atoms with Crippen LogP contribution in [0.25, 0.3) is 0 Å². The molecule has 4 nitrogen and oxygen atoms in total. The molecule has 17 heavy (non-hydrogen) atoms. The summed E-state index contributed by atoms with van der Waals surface area (Å²) in [6, 6.07) is 5.63. The maximum atomic E-state index is 11.9. The lowest BCUT2D eigenvalue weighted by Crippen LogP contribution is -2.36. The molecule has 90 valence electrons. The summed E-state index contributed by atoms with van der Waals surface area (Å²) in [6.45, 7) is 0. The molecule has 0 bridgehead atoms. The lowest BCUT2D eigenvalue weighted by Gasteiger charge is -2.11. The molecule has 0 spiro atoms. The van der Waals surface area contributed by atoms with Gasteiger partial charge in [0.25, 0.3) is 5.91 Å². The largest absolute Gasteiger partial charge is 0.479 e. The third kappa shape index (κ3) is 2.59. The number of carboxylic acid groups (broad SMARTS) is 1. The van der Waals surface area contributed by atoms with E-state index in [1.54, 1.807) is 28.7 Å².